The van der Waals surface area contributed by atoms with Crippen molar-refractivity contribution in [3.63, 3.8) is 0 Å². The minimum absolute atomic E-state index is 0.0258. The number of hydrogen-bond donors (Lipinski definition) is 0. The summed E-state index contributed by atoms with van der Waals surface area (Å²) in [6.45, 7) is 4.82. The van der Waals surface area contributed by atoms with Crippen LogP contribution in [0.15, 0.2) is 15.7 Å². The molecule has 7 heteroatoms. The Labute approximate surface area is 121 Å². The summed E-state index contributed by atoms with van der Waals surface area (Å²) in [5, 5.41) is 1.56. The third-order valence-corrected chi connectivity index (χ3v) is 5.91. The molecule has 4 nitrogen and oxygen atoms in total. The van der Waals surface area contributed by atoms with E-state index < -0.39 is 9.05 Å². The van der Waals surface area contributed by atoms with Crippen LogP contribution >= 0.6 is 22.0 Å². The second-order valence-corrected chi connectivity index (χ2v) is 8.88. The van der Waals surface area contributed by atoms with Crippen molar-refractivity contribution in [1.29, 1.82) is 0 Å². The van der Waals surface area contributed by atoms with Crippen LogP contribution in [0.25, 0.3) is 0 Å². The van der Waals surface area contributed by atoms with Crippen molar-refractivity contribution >= 4 is 37.0 Å². The number of thiophene rings is 1. The van der Waals surface area contributed by atoms with E-state index in [1.165, 1.54) is 6.07 Å². The summed E-state index contributed by atoms with van der Waals surface area (Å²) in [7, 11) is 1.52. The first-order valence-electron chi connectivity index (χ1n) is 6.13. The SMILES string of the molecule is CC(C)CN(C(=O)c1csc(S(=O)(=O)Cl)c1)C1CC1. The van der Waals surface area contributed by atoms with Gasteiger partial charge in [0, 0.05) is 28.6 Å². The van der Waals surface area contributed by atoms with Gasteiger partial charge in [0.25, 0.3) is 15.0 Å². The molecule has 0 spiro atoms. The lowest BCUT2D eigenvalue weighted by molar-refractivity contribution is 0.0723. The van der Waals surface area contributed by atoms with Gasteiger partial charge in [0.2, 0.25) is 0 Å². The highest BCUT2D eigenvalue weighted by Crippen LogP contribution is 2.31. The number of halogens is 1. The smallest absolute Gasteiger partial charge is 0.270 e. The van der Waals surface area contributed by atoms with E-state index in [1.807, 2.05) is 4.90 Å². The number of amides is 1. The molecule has 1 fully saturated rings. The predicted octanol–water partition coefficient (Wildman–Crippen LogP) is 2.94. The standard InChI is InChI=1S/C12H16ClNO3S2/c1-8(2)6-14(10-3-4-10)12(15)9-5-11(18-7-9)19(13,16)17/h5,7-8,10H,3-4,6H2,1-2H3. The summed E-state index contributed by atoms with van der Waals surface area (Å²) in [6, 6.07) is 1.68. The van der Waals surface area contributed by atoms with Gasteiger partial charge in [0.1, 0.15) is 4.21 Å². The predicted molar refractivity (Wildman–Crippen MR) is 76.3 cm³/mol. The minimum atomic E-state index is -3.75. The van der Waals surface area contributed by atoms with Crippen molar-refractivity contribution in [1.82, 2.24) is 4.90 Å². The Balaban J connectivity index is 2.20. The fraction of sp³-hybridized carbons (Fsp3) is 0.583. The lowest BCUT2D eigenvalue weighted by atomic mass is 10.2. The van der Waals surface area contributed by atoms with E-state index in [2.05, 4.69) is 13.8 Å². The molecule has 106 valence electrons. The molecule has 0 N–H and O–H groups in total. The number of carbonyl (C=O) groups excluding carboxylic acids is 1. The van der Waals surface area contributed by atoms with E-state index in [-0.39, 0.29) is 10.1 Å². The van der Waals surface area contributed by atoms with Gasteiger partial charge in [-0.1, -0.05) is 13.8 Å². The van der Waals surface area contributed by atoms with Crippen molar-refractivity contribution < 1.29 is 13.2 Å². The molecule has 1 aliphatic carbocycles. The zero-order valence-electron chi connectivity index (χ0n) is 10.8. The maximum Gasteiger partial charge on any atom is 0.270 e. The molecule has 1 aromatic heterocycles. The maximum atomic E-state index is 12.4. The number of nitrogens with zero attached hydrogens (tertiary/aromatic N) is 1. The molecule has 0 unspecified atom stereocenters. The topological polar surface area (TPSA) is 54.5 Å². The van der Waals surface area contributed by atoms with Crippen LogP contribution in [0.4, 0.5) is 0 Å². The molecule has 0 bridgehead atoms. The maximum absolute atomic E-state index is 12.4. The zero-order valence-corrected chi connectivity index (χ0v) is 13.2. The van der Waals surface area contributed by atoms with Gasteiger partial charge >= 0.3 is 0 Å². The Bertz CT molecular complexity index is 576. The second-order valence-electron chi connectivity index (χ2n) is 5.17. The van der Waals surface area contributed by atoms with Gasteiger partial charge in [-0.15, -0.1) is 11.3 Å². The number of carbonyl (C=O) groups is 1. The molecule has 0 saturated heterocycles. The highest BCUT2D eigenvalue weighted by Gasteiger charge is 2.33. The van der Waals surface area contributed by atoms with Crippen LogP contribution in [0.1, 0.15) is 37.0 Å². The average Bonchev–Trinajstić information content (AvgIpc) is 2.99. The summed E-state index contributed by atoms with van der Waals surface area (Å²) in [4.78, 5) is 14.2. The van der Waals surface area contributed by atoms with Crippen LogP contribution in [0, 0.1) is 5.92 Å². The van der Waals surface area contributed by atoms with E-state index in [4.69, 9.17) is 10.7 Å². The van der Waals surface area contributed by atoms with E-state index in [0.29, 0.717) is 24.1 Å². The molecule has 0 aromatic carbocycles. The molecule has 0 aliphatic heterocycles. The largest absolute Gasteiger partial charge is 0.335 e. The summed E-state index contributed by atoms with van der Waals surface area (Å²) in [6.07, 6.45) is 2.06. The van der Waals surface area contributed by atoms with Gasteiger partial charge in [-0.25, -0.2) is 8.42 Å². The summed E-state index contributed by atoms with van der Waals surface area (Å²) >= 11 is 0.986. The van der Waals surface area contributed by atoms with Gasteiger partial charge in [0.05, 0.1) is 5.56 Å². The lowest BCUT2D eigenvalue weighted by Gasteiger charge is -2.23. The Morgan fingerprint density at radius 2 is 2.16 bits per heavy atom. The van der Waals surface area contributed by atoms with Crippen molar-refractivity contribution in [3.8, 4) is 0 Å². The third-order valence-electron chi connectivity index (χ3n) is 2.87. The monoisotopic (exact) mass is 321 g/mol. The number of hydrogen-bond acceptors (Lipinski definition) is 4. The molecular weight excluding hydrogens is 306 g/mol. The van der Waals surface area contributed by atoms with E-state index in [9.17, 15) is 13.2 Å². The first-order chi connectivity index (χ1) is 8.79. The molecule has 1 heterocycles. The molecule has 1 aromatic rings. The first-order valence-corrected chi connectivity index (χ1v) is 9.32. The molecule has 1 amide bonds. The van der Waals surface area contributed by atoms with Gasteiger partial charge in [-0.05, 0) is 24.8 Å². The molecule has 19 heavy (non-hydrogen) atoms. The van der Waals surface area contributed by atoms with Crippen molar-refractivity contribution in [2.24, 2.45) is 5.92 Å². The Kier molecular flexibility index (Phi) is 4.23. The lowest BCUT2D eigenvalue weighted by Crippen LogP contribution is -2.35. The van der Waals surface area contributed by atoms with Gasteiger partial charge in [-0.2, -0.15) is 0 Å². The highest BCUT2D eigenvalue weighted by atomic mass is 35.7. The second kappa shape index (κ2) is 5.42. The van der Waals surface area contributed by atoms with Crippen molar-refractivity contribution in [3.05, 3.63) is 17.0 Å². The fourth-order valence-corrected chi connectivity index (χ4v) is 3.84. The van der Waals surface area contributed by atoms with Crippen molar-refractivity contribution in [2.75, 3.05) is 6.54 Å². The fourth-order valence-electron chi connectivity index (χ4n) is 1.90. The molecular formula is C12H16ClNO3S2. The number of rotatable bonds is 5. The highest BCUT2D eigenvalue weighted by molar-refractivity contribution is 8.15. The Morgan fingerprint density at radius 1 is 1.53 bits per heavy atom. The average molecular weight is 322 g/mol. The van der Waals surface area contributed by atoms with Gasteiger partial charge in [0.15, 0.2) is 0 Å². The molecule has 1 aliphatic rings. The normalized spacial score (nSPS) is 15.8. The zero-order chi connectivity index (χ0) is 14.2. The van der Waals surface area contributed by atoms with Crippen LogP contribution in [0.2, 0.25) is 0 Å². The molecule has 2 rings (SSSR count). The van der Waals surface area contributed by atoms with Crippen LogP contribution < -0.4 is 0 Å². The Morgan fingerprint density at radius 3 is 2.58 bits per heavy atom. The Hall–Kier alpha value is -0.590. The third kappa shape index (κ3) is 3.70. The van der Waals surface area contributed by atoms with E-state index >= 15 is 0 Å². The molecule has 0 radical (unpaired) electrons. The van der Waals surface area contributed by atoms with Crippen molar-refractivity contribution in [2.45, 2.75) is 36.9 Å². The first kappa shape index (κ1) is 14.8. The van der Waals surface area contributed by atoms with Crippen LogP contribution in [0.5, 0.6) is 0 Å². The van der Waals surface area contributed by atoms with Gasteiger partial charge in [-0.3, -0.25) is 4.79 Å². The summed E-state index contributed by atoms with van der Waals surface area (Å²) in [5.41, 5.74) is 0.414. The summed E-state index contributed by atoms with van der Waals surface area (Å²) in [5.74, 6) is 0.290. The summed E-state index contributed by atoms with van der Waals surface area (Å²) < 4.78 is 22.5. The molecule has 1 saturated carbocycles. The van der Waals surface area contributed by atoms with Gasteiger partial charge < -0.3 is 4.90 Å². The van der Waals surface area contributed by atoms with Crippen LogP contribution in [-0.4, -0.2) is 31.8 Å². The minimum Gasteiger partial charge on any atom is -0.335 e. The molecule has 0 atom stereocenters. The van der Waals surface area contributed by atoms with E-state index in [1.54, 1.807) is 5.38 Å². The van der Waals surface area contributed by atoms with E-state index in [0.717, 1.165) is 24.2 Å². The quantitative estimate of drug-likeness (QED) is 0.783. The van der Waals surface area contributed by atoms with Crippen LogP contribution in [-0.2, 0) is 9.05 Å². The van der Waals surface area contributed by atoms with Crippen LogP contribution in [0.3, 0.4) is 0 Å².